The van der Waals surface area contributed by atoms with E-state index in [1.807, 2.05) is 6.20 Å². The minimum Gasteiger partial charge on any atom is -0.300 e. The molecule has 104 valence electrons. The van der Waals surface area contributed by atoms with E-state index in [4.69, 9.17) is 0 Å². The maximum atomic E-state index is 4.48. The molecule has 0 saturated carbocycles. The number of aromatic nitrogens is 1. The third kappa shape index (κ3) is 2.03. The molecule has 3 aliphatic heterocycles. The minimum absolute atomic E-state index is 0.746. The van der Waals surface area contributed by atoms with Gasteiger partial charge in [0.05, 0.1) is 5.52 Å². The molecule has 4 heterocycles. The average Bonchev–Trinajstić information content (AvgIpc) is 2.49. The number of nitrogens with zero attached hydrogens (tertiary/aromatic N) is 2. The van der Waals surface area contributed by atoms with E-state index >= 15 is 0 Å². The largest absolute Gasteiger partial charge is 0.300 e. The molecule has 5 rings (SSSR count). The molecule has 3 aliphatic rings. The lowest BCUT2D eigenvalue weighted by Crippen LogP contribution is -2.53. The topological polar surface area (TPSA) is 16.1 Å². The number of piperidine rings is 3. The van der Waals surface area contributed by atoms with E-state index in [0.29, 0.717) is 0 Å². The van der Waals surface area contributed by atoms with Gasteiger partial charge in [-0.3, -0.25) is 9.88 Å². The van der Waals surface area contributed by atoms with Gasteiger partial charge >= 0.3 is 0 Å². The van der Waals surface area contributed by atoms with Gasteiger partial charge in [0.25, 0.3) is 0 Å². The van der Waals surface area contributed by atoms with Gasteiger partial charge < -0.3 is 0 Å². The summed E-state index contributed by atoms with van der Waals surface area (Å²) in [7, 11) is 0. The van der Waals surface area contributed by atoms with Gasteiger partial charge in [-0.15, -0.1) is 0 Å². The zero-order valence-electron chi connectivity index (χ0n) is 12.1. The Balaban J connectivity index is 1.62. The Morgan fingerprint density at radius 1 is 1.25 bits per heavy atom. The van der Waals surface area contributed by atoms with Crippen molar-refractivity contribution in [3.05, 3.63) is 42.1 Å². The molecule has 1 aromatic carbocycles. The maximum absolute atomic E-state index is 4.48. The molecule has 2 aromatic rings. The van der Waals surface area contributed by atoms with Crippen LogP contribution in [0.2, 0.25) is 0 Å². The fraction of sp³-hybridized carbons (Fsp3) is 0.500. The van der Waals surface area contributed by atoms with Gasteiger partial charge in [-0.05, 0) is 55.3 Å². The SMILES string of the molecule is C[C@H]1CN2CCC1CC2Cc1ccnc2ccccc12. The van der Waals surface area contributed by atoms with E-state index < -0.39 is 0 Å². The third-order valence-corrected chi connectivity index (χ3v) is 5.40. The molecule has 2 bridgehead atoms. The first-order valence-corrected chi connectivity index (χ1v) is 7.88. The van der Waals surface area contributed by atoms with Gasteiger partial charge in [-0.1, -0.05) is 25.1 Å². The molecule has 2 nitrogen and oxygen atoms in total. The van der Waals surface area contributed by atoms with Crippen molar-refractivity contribution < 1.29 is 0 Å². The second kappa shape index (κ2) is 4.85. The van der Waals surface area contributed by atoms with Crippen LogP contribution in [0.25, 0.3) is 10.9 Å². The normalized spacial score (nSPS) is 32.6. The number of pyridine rings is 1. The van der Waals surface area contributed by atoms with Crippen LogP contribution in [0.15, 0.2) is 36.5 Å². The summed E-state index contributed by atoms with van der Waals surface area (Å²) in [4.78, 5) is 7.20. The predicted octanol–water partition coefficient (Wildman–Crippen LogP) is 3.51. The van der Waals surface area contributed by atoms with Crippen molar-refractivity contribution in [3.63, 3.8) is 0 Å². The quantitative estimate of drug-likeness (QED) is 0.827. The maximum Gasteiger partial charge on any atom is 0.0704 e. The second-order valence-electron chi connectivity index (χ2n) is 6.60. The zero-order chi connectivity index (χ0) is 13.5. The van der Waals surface area contributed by atoms with Crippen molar-refractivity contribution in [2.45, 2.75) is 32.2 Å². The predicted molar refractivity (Wildman–Crippen MR) is 82.7 cm³/mol. The van der Waals surface area contributed by atoms with Crippen molar-refractivity contribution in [1.29, 1.82) is 0 Å². The molecule has 0 radical (unpaired) electrons. The van der Waals surface area contributed by atoms with Crippen LogP contribution in [0.4, 0.5) is 0 Å². The number of fused-ring (bicyclic) bond motifs is 4. The molecule has 3 fully saturated rings. The molecule has 0 aliphatic carbocycles. The molecular formula is C18H22N2. The zero-order valence-corrected chi connectivity index (χ0v) is 12.1. The van der Waals surface area contributed by atoms with Crippen LogP contribution in [0.3, 0.4) is 0 Å². The van der Waals surface area contributed by atoms with Crippen molar-refractivity contribution in [1.82, 2.24) is 9.88 Å². The smallest absolute Gasteiger partial charge is 0.0704 e. The van der Waals surface area contributed by atoms with Crippen LogP contribution < -0.4 is 0 Å². The van der Waals surface area contributed by atoms with E-state index in [9.17, 15) is 0 Å². The summed E-state index contributed by atoms with van der Waals surface area (Å²) in [5.74, 6) is 1.85. The van der Waals surface area contributed by atoms with Gasteiger partial charge in [0.15, 0.2) is 0 Å². The summed E-state index contributed by atoms with van der Waals surface area (Å²) in [6.45, 7) is 5.04. The highest BCUT2D eigenvalue weighted by molar-refractivity contribution is 5.81. The van der Waals surface area contributed by atoms with Crippen LogP contribution in [0, 0.1) is 11.8 Å². The third-order valence-electron chi connectivity index (χ3n) is 5.40. The first-order chi connectivity index (χ1) is 9.81. The molecule has 3 unspecified atom stereocenters. The molecule has 0 N–H and O–H groups in total. The highest BCUT2D eigenvalue weighted by Gasteiger charge is 2.37. The first kappa shape index (κ1) is 12.3. The van der Waals surface area contributed by atoms with E-state index in [0.717, 1.165) is 23.4 Å². The lowest BCUT2D eigenvalue weighted by Gasteiger charge is -2.49. The summed E-state index contributed by atoms with van der Waals surface area (Å²) in [6, 6.07) is 11.5. The lowest BCUT2D eigenvalue weighted by atomic mass is 9.75. The highest BCUT2D eigenvalue weighted by atomic mass is 15.2. The number of hydrogen-bond donors (Lipinski definition) is 0. The molecule has 0 spiro atoms. The van der Waals surface area contributed by atoms with Gasteiger partial charge in [0.2, 0.25) is 0 Å². The fourth-order valence-electron chi connectivity index (χ4n) is 4.21. The standard InChI is InChI=1S/C18H22N2/c1-13-12-20-9-7-14(13)10-16(20)11-15-6-8-19-18-5-3-2-4-17(15)18/h2-6,8,13-14,16H,7,9-12H2,1H3/t13-,14?,16?/m0/s1. The van der Waals surface area contributed by atoms with E-state index in [-0.39, 0.29) is 0 Å². The van der Waals surface area contributed by atoms with Crippen LogP contribution in [0.1, 0.15) is 25.3 Å². The lowest BCUT2D eigenvalue weighted by molar-refractivity contribution is 0.00889. The van der Waals surface area contributed by atoms with Crippen LogP contribution in [0.5, 0.6) is 0 Å². The molecule has 1 aromatic heterocycles. The van der Waals surface area contributed by atoms with Crippen molar-refractivity contribution in [3.8, 4) is 0 Å². The molecule has 20 heavy (non-hydrogen) atoms. The Morgan fingerprint density at radius 2 is 2.15 bits per heavy atom. The van der Waals surface area contributed by atoms with Gasteiger partial charge in [-0.2, -0.15) is 0 Å². The number of benzene rings is 1. The van der Waals surface area contributed by atoms with Crippen LogP contribution in [-0.2, 0) is 6.42 Å². The molecule has 3 saturated heterocycles. The van der Waals surface area contributed by atoms with E-state index in [1.165, 1.54) is 43.3 Å². The Morgan fingerprint density at radius 3 is 2.95 bits per heavy atom. The Kier molecular flexibility index (Phi) is 2.99. The summed E-state index contributed by atoms with van der Waals surface area (Å²) >= 11 is 0. The van der Waals surface area contributed by atoms with Gasteiger partial charge in [-0.25, -0.2) is 0 Å². The van der Waals surface area contributed by atoms with E-state index in [2.05, 4.69) is 47.1 Å². The monoisotopic (exact) mass is 266 g/mol. The van der Waals surface area contributed by atoms with Crippen molar-refractivity contribution in [2.24, 2.45) is 11.8 Å². The van der Waals surface area contributed by atoms with Crippen molar-refractivity contribution in [2.75, 3.05) is 13.1 Å². The molecule has 0 amide bonds. The Hall–Kier alpha value is -1.41. The summed E-state index contributed by atoms with van der Waals surface area (Å²) in [5, 5.41) is 1.34. The number of rotatable bonds is 2. The second-order valence-corrected chi connectivity index (χ2v) is 6.60. The first-order valence-electron chi connectivity index (χ1n) is 7.88. The van der Waals surface area contributed by atoms with Crippen LogP contribution >= 0.6 is 0 Å². The van der Waals surface area contributed by atoms with E-state index in [1.54, 1.807) is 0 Å². The molecule has 4 atom stereocenters. The minimum atomic E-state index is 0.746. The van der Waals surface area contributed by atoms with Crippen molar-refractivity contribution >= 4 is 10.9 Å². The van der Waals surface area contributed by atoms with Gasteiger partial charge in [0, 0.05) is 24.2 Å². The van der Waals surface area contributed by atoms with Gasteiger partial charge in [0.1, 0.15) is 0 Å². The Bertz CT molecular complexity index is 616. The Labute approximate surface area is 120 Å². The summed E-state index contributed by atoms with van der Waals surface area (Å²) in [5.41, 5.74) is 2.61. The summed E-state index contributed by atoms with van der Waals surface area (Å²) in [6.07, 6.45) is 5.95. The number of hydrogen-bond acceptors (Lipinski definition) is 2. The highest BCUT2D eigenvalue weighted by Crippen LogP contribution is 2.37. The average molecular weight is 266 g/mol. The number of para-hydroxylation sites is 1. The molecule has 2 heteroatoms. The fourth-order valence-corrected chi connectivity index (χ4v) is 4.21. The van der Waals surface area contributed by atoms with Crippen LogP contribution in [-0.4, -0.2) is 29.0 Å². The molecular weight excluding hydrogens is 244 g/mol. The summed E-state index contributed by atoms with van der Waals surface area (Å²) < 4.78 is 0.